The first-order valence-electron chi connectivity index (χ1n) is 4.94. The third-order valence-corrected chi connectivity index (χ3v) is 2.38. The number of hydrogen-bond donors (Lipinski definition) is 0. The van der Waals surface area contributed by atoms with Crippen molar-refractivity contribution in [3.05, 3.63) is 41.0 Å². The molecule has 3 heteroatoms. The maximum Gasteiger partial charge on any atom is 0.160 e. The number of hydrogen-bond acceptors (Lipinski definition) is 2. The van der Waals surface area contributed by atoms with Crippen LogP contribution in [0.1, 0.15) is 40.1 Å². The molecule has 0 aliphatic heterocycles. The van der Waals surface area contributed by atoms with Crippen LogP contribution >= 0.6 is 11.6 Å². The highest BCUT2D eigenvalue weighted by molar-refractivity contribution is 6.19. The zero-order valence-corrected chi connectivity index (χ0v) is 10.0. The molecule has 84 valence electrons. The summed E-state index contributed by atoms with van der Waals surface area (Å²) >= 11 is 5.53. The second-order valence-corrected chi connectivity index (χ2v) is 3.78. The van der Waals surface area contributed by atoms with Crippen molar-refractivity contribution in [2.75, 3.05) is 5.88 Å². The van der Waals surface area contributed by atoms with Gasteiger partial charge in [-0.2, -0.15) is 0 Å². The monoisotopic (exact) mass is 236 g/mol. The van der Waals surface area contributed by atoms with Crippen LogP contribution in [0.4, 0.5) is 0 Å². The topological polar surface area (TPSA) is 34.1 Å². The van der Waals surface area contributed by atoms with Gasteiger partial charge in [0.1, 0.15) is 0 Å². The summed E-state index contributed by atoms with van der Waals surface area (Å²) in [5.41, 5.74) is 1.80. The van der Waals surface area contributed by atoms with Gasteiger partial charge in [-0.1, -0.05) is 24.3 Å². The highest BCUT2D eigenvalue weighted by atomic mass is 35.5. The third kappa shape index (κ3) is 3.04. The van der Waals surface area contributed by atoms with Crippen molar-refractivity contribution >= 4 is 29.2 Å². The number of carbonyl (C=O) groups is 2. The minimum absolute atomic E-state index is 0.0990. The molecule has 0 amide bonds. The predicted octanol–water partition coefficient (Wildman–Crippen LogP) is 3.34. The van der Waals surface area contributed by atoms with Gasteiger partial charge in [0.2, 0.25) is 0 Å². The van der Waals surface area contributed by atoms with Gasteiger partial charge in [-0.3, -0.25) is 9.59 Å². The van der Waals surface area contributed by atoms with E-state index in [1.54, 1.807) is 24.3 Å². The van der Waals surface area contributed by atoms with Crippen molar-refractivity contribution in [1.29, 1.82) is 0 Å². The quantitative estimate of drug-likeness (QED) is 0.594. The Kier molecular flexibility index (Phi) is 4.44. The summed E-state index contributed by atoms with van der Waals surface area (Å²) in [4.78, 5) is 22.7. The molecule has 0 bridgehead atoms. The summed E-state index contributed by atoms with van der Waals surface area (Å²) in [6, 6.07) is 5.18. The molecule has 0 radical (unpaired) electrons. The fourth-order valence-corrected chi connectivity index (χ4v) is 1.53. The first-order valence-corrected chi connectivity index (χ1v) is 5.48. The lowest BCUT2D eigenvalue weighted by Gasteiger charge is -2.04. The Labute approximate surface area is 99.9 Å². The van der Waals surface area contributed by atoms with Crippen molar-refractivity contribution in [2.24, 2.45) is 0 Å². The van der Waals surface area contributed by atoms with Gasteiger partial charge in [-0.05, 0) is 25.5 Å². The smallest absolute Gasteiger partial charge is 0.160 e. The molecular formula is C13H13ClO2. The Bertz CT molecular complexity index is 447. The minimum atomic E-state index is -0.105. The highest BCUT2D eigenvalue weighted by Gasteiger charge is 2.10. The number of benzene rings is 1. The standard InChI is InChI=1S/C13H13ClO2/c1-9(15)12-6-5-11(4-3-7-14)8-13(12)10(2)16/h3-6,8H,7H2,1-2H3. The molecule has 0 fully saturated rings. The summed E-state index contributed by atoms with van der Waals surface area (Å²) < 4.78 is 0. The van der Waals surface area contributed by atoms with Gasteiger partial charge in [0.15, 0.2) is 11.6 Å². The number of carbonyl (C=O) groups excluding carboxylic acids is 2. The average molecular weight is 237 g/mol. The first kappa shape index (κ1) is 12.7. The number of alkyl halides is 1. The fourth-order valence-electron chi connectivity index (χ4n) is 1.44. The minimum Gasteiger partial charge on any atom is -0.294 e. The van der Waals surface area contributed by atoms with Crippen molar-refractivity contribution in [1.82, 2.24) is 0 Å². The van der Waals surface area contributed by atoms with Crippen molar-refractivity contribution in [3.8, 4) is 0 Å². The number of Topliss-reactive ketones (excluding diaryl/α,β-unsaturated/α-hetero) is 2. The number of halogens is 1. The summed E-state index contributed by atoms with van der Waals surface area (Å²) in [6.07, 6.45) is 3.61. The molecule has 2 nitrogen and oxygen atoms in total. The molecule has 0 aliphatic carbocycles. The highest BCUT2D eigenvalue weighted by Crippen LogP contribution is 2.15. The van der Waals surface area contributed by atoms with E-state index < -0.39 is 0 Å². The molecule has 1 aromatic carbocycles. The Hall–Kier alpha value is -1.41. The van der Waals surface area contributed by atoms with Crippen LogP contribution in [-0.4, -0.2) is 17.4 Å². The lowest BCUT2D eigenvalue weighted by atomic mass is 9.98. The maximum absolute atomic E-state index is 11.4. The van der Waals surface area contributed by atoms with Gasteiger partial charge >= 0.3 is 0 Å². The second-order valence-electron chi connectivity index (χ2n) is 3.47. The molecule has 0 N–H and O–H groups in total. The third-order valence-electron chi connectivity index (χ3n) is 2.20. The van der Waals surface area contributed by atoms with Crippen LogP contribution in [0.2, 0.25) is 0 Å². The van der Waals surface area contributed by atoms with E-state index in [-0.39, 0.29) is 11.6 Å². The molecule has 0 heterocycles. The maximum atomic E-state index is 11.4. The first-order chi connectivity index (χ1) is 7.56. The lowest BCUT2D eigenvalue weighted by molar-refractivity contribution is 0.0981. The van der Waals surface area contributed by atoms with E-state index in [1.165, 1.54) is 13.8 Å². The molecule has 0 saturated carbocycles. The molecule has 0 aliphatic rings. The van der Waals surface area contributed by atoms with E-state index in [0.29, 0.717) is 17.0 Å². The molecule has 16 heavy (non-hydrogen) atoms. The molecule has 0 spiro atoms. The van der Waals surface area contributed by atoms with Gasteiger partial charge in [-0.15, -0.1) is 11.6 Å². The zero-order valence-electron chi connectivity index (χ0n) is 9.29. The molecule has 0 unspecified atom stereocenters. The van der Waals surface area contributed by atoms with Crippen LogP contribution < -0.4 is 0 Å². The van der Waals surface area contributed by atoms with Crippen LogP contribution in [0.5, 0.6) is 0 Å². The number of ketones is 2. The summed E-state index contributed by atoms with van der Waals surface area (Å²) in [6.45, 7) is 2.91. The van der Waals surface area contributed by atoms with E-state index in [4.69, 9.17) is 11.6 Å². The van der Waals surface area contributed by atoms with Gasteiger partial charge in [0.25, 0.3) is 0 Å². The van der Waals surface area contributed by atoms with Gasteiger partial charge in [0.05, 0.1) is 0 Å². The molecule has 1 aromatic rings. The summed E-state index contributed by atoms with van der Waals surface area (Å²) in [5, 5.41) is 0. The van der Waals surface area contributed by atoms with Crippen LogP contribution in [0, 0.1) is 0 Å². The zero-order chi connectivity index (χ0) is 12.1. The second kappa shape index (κ2) is 5.61. The molecule has 0 saturated heterocycles. The normalized spacial score (nSPS) is 10.7. The fraction of sp³-hybridized carbons (Fsp3) is 0.231. The van der Waals surface area contributed by atoms with E-state index >= 15 is 0 Å². The van der Waals surface area contributed by atoms with Crippen LogP contribution in [-0.2, 0) is 0 Å². The van der Waals surface area contributed by atoms with Crippen molar-refractivity contribution < 1.29 is 9.59 Å². The van der Waals surface area contributed by atoms with E-state index in [2.05, 4.69) is 0 Å². The Morgan fingerprint density at radius 1 is 1.19 bits per heavy atom. The van der Waals surface area contributed by atoms with Crippen LogP contribution in [0.25, 0.3) is 6.08 Å². The van der Waals surface area contributed by atoms with E-state index in [0.717, 1.165) is 5.56 Å². The summed E-state index contributed by atoms with van der Waals surface area (Å²) in [5.74, 6) is 0.216. The van der Waals surface area contributed by atoms with Gasteiger partial charge in [0, 0.05) is 17.0 Å². The average Bonchev–Trinajstić information content (AvgIpc) is 2.25. The van der Waals surface area contributed by atoms with Gasteiger partial charge < -0.3 is 0 Å². The summed E-state index contributed by atoms with van der Waals surface area (Å²) in [7, 11) is 0. The molecule has 1 rings (SSSR count). The lowest BCUT2D eigenvalue weighted by Crippen LogP contribution is -2.04. The molecular weight excluding hydrogens is 224 g/mol. The van der Waals surface area contributed by atoms with Crippen LogP contribution in [0.3, 0.4) is 0 Å². The molecule has 0 atom stereocenters. The van der Waals surface area contributed by atoms with E-state index in [1.807, 2.05) is 6.08 Å². The van der Waals surface area contributed by atoms with Crippen molar-refractivity contribution in [3.63, 3.8) is 0 Å². The number of rotatable bonds is 4. The molecule has 0 aromatic heterocycles. The van der Waals surface area contributed by atoms with E-state index in [9.17, 15) is 9.59 Å². The Morgan fingerprint density at radius 2 is 1.81 bits per heavy atom. The number of allylic oxidation sites excluding steroid dienone is 1. The van der Waals surface area contributed by atoms with Gasteiger partial charge in [-0.25, -0.2) is 0 Å². The van der Waals surface area contributed by atoms with Crippen molar-refractivity contribution in [2.45, 2.75) is 13.8 Å². The largest absolute Gasteiger partial charge is 0.294 e. The van der Waals surface area contributed by atoms with Crippen LogP contribution in [0.15, 0.2) is 24.3 Å². The Morgan fingerprint density at radius 3 is 2.31 bits per heavy atom. The predicted molar refractivity (Wildman–Crippen MR) is 66.2 cm³/mol. The Balaban J connectivity index is 3.22. The SMILES string of the molecule is CC(=O)c1ccc(C=CCCl)cc1C(C)=O.